The zero-order valence-electron chi connectivity index (χ0n) is 8.50. The second kappa shape index (κ2) is 5.21. The molecular formula is C10H15N3O. The summed E-state index contributed by atoms with van der Waals surface area (Å²) in [5.74, 6) is 0.00866. The van der Waals surface area contributed by atoms with E-state index in [1.807, 2.05) is 19.1 Å². The van der Waals surface area contributed by atoms with Crippen molar-refractivity contribution in [3.63, 3.8) is 0 Å². The Hall–Kier alpha value is -1.58. The molecule has 0 unspecified atom stereocenters. The highest BCUT2D eigenvalue weighted by Crippen LogP contribution is 2.02. The quantitative estimate of drug-likeness (QED) is 0.707. The van der Waals surface area contributed by atoms with E-state index in [0.29, 0.717) is 6.54 Å². The number of nitrogens with one attached hydrogen (secondary N) is 2. The van der Waals surface area contributed by atoms with Crippen molar-refractivity contribution in [3.8, 4) is 0 Å². The molecule has 1 rings (SSSR count). The Morgan fingerprint density at radius 1 is 1.71 bits per heavy atom. The Morgan fingerprint density at radius 3 is 3.07 bits per heavy atom. The van der Waals surface area contributed by atoms with Crippen LogP contribution in [-0.2, 0) is 4.79 Å². The monoisotopic (exact) mass is 193 g/mol. The van der Waals surface area contributed by atoms with Crippen LogP contribution >= 0.6 is 0 Å². The molecule has 2 N–H and O–H groups in total. The number of aryl methyl sites for hydroxylation is 1. The SMILES string of the molecule is CC(=O)NCCC=Cc1nc[nH]c1C. The number of amides is 1. The highest BCUT2D eigenvalue weighted by molar-refractivity contribution is 5.72. The molecule has 0 atom stereocenters. The van der Waals surface area contributed by atoms with Crippen molar-refractivity contribution >= 4 is 12.0 Å². The van der Waals surface area contributed by atoms with Gasteiger partial charge in [0.1, 0.15) is 0 Å². The van der Waals surface area contributed by atoms with Gasteiger partial charge >= 0.3 is 0 Å². The first-order valence-electron chi connectivity index (χ1n) is 4.61. The minimum atomic E-state index is 0.00866. The summed E-state index contributed by atoms with van der Waals surface area (Å²) < 4.78 is 0. The predicted octanol–water partition coefficient (Wildman–Crippen LogP) is 1.26. The topological polar surface area (TPSA) is 57.8 Å². The highest BCUT2D eigenvalue weighted by atomic mass is 16.1. The summed E-state index contributed by atoms with van der Waals surface area (Å²) in [4.78, 5) is 17.7. The summed E-state index contributed by atoms with van der Waals surface area (Å²) in [5, 5.41) is 2.72. The molecule has 1 heterocycles. The van der Waals surface area contributed by atoms with Gasteiger partial charge in [0, 0.05) is 19.2 Å². The largest absolute Gasteiger partial charge is 0.356 e. The van der Waals surface area contributed by atoms with Crippen LogP contribution in [0.25, 0.3) is 6.08 Å². The lowest BCUT2D eigenvalue weighted by Crippen LogP contribution is -2.20. The third kappa shape index (κ3) is 3.43. The molecule has 1 amide bonds. The average Bonchev–Trinajstić information content (AvgIpc) is 2.51. The fraction of sp³-hybridized carbons (Fsp3) is 0.400. The van der Waals surface area contributed by atoms with Crippen LogP contribution in [0.4, 0.5) is 0 Å². The molecule has 0 aromatic carbocycles. The van der Waals surface area contributed by atoms with Crippen molar-refractivity contribution in [1.82, 2.24) is 15.3 Å². The number of aromatic amines is 1. The van der Waals surface area contributed by atoms with Crippen LogP contribution in [0.2, 0.25) is 0 Å². The fourth-order valence-corrected chi connectivity index (χ4v) is 1.06. The van der Waals surface area contributed by atoms with Crippen molar-refractivity contribution in [2.75, 3.05) is 6.54 Å². The molecule has 4 heteroatoms. The molecule has 0 bridgehead atoms. The first kappa shape index (κ1) is 10.5. The highest BCUT2D eigenvalue weighted by Gasteiger charge is 1.93. The summed E-state index contributed by atoms with van der Waals surface area (Å²) in [5.41, 5.74) is 2.01. The van der Waals surface area contributed by atoms with Crippen LogP contribution < -0.4 is 5.32 Å². The zero-order chi connectivity index (χ0) is 10.4. The van der Waals surface area contributed by atoms with Crippen LogP contribution in [0.1, 0.15) is 24.7 Å². The van der Waals surface area contributed by atoms with Crippen LogP contribution in [0.3, 0.4) is 0 Å². The standard InChI is InChI=1S/C10H15N3O/c1-8-10(13-7-12-8)5-3-4-6-11-9(2)14/h3,5,7H,4,6H2,1-2H3,(H,11,14)(H,12,13). The molecule has 76 valence electrons. The van der Waals surface area contributed by atoms with Crippen molar-refractivity contribution in [1.29, 1.82) is 0 Å². The Bertz CT molecular complexity index is 328. The van der Waals surface area contributed by atoms with Gasteiger partial charge in [-0.2, -0.15) is 0 Å². The number of imidazole rings is 1. The zero-order valence-corrected chi connectivity index (χ0v) is 8.50. The molecule has 0 aliphatic carbocycles. The molecule has 0 saturated heterocycles. The molecule has 0 saturated carbocycles. The van der Waals surface area contributed by atoms with Gasteiger partial charge in [0.25, 0.3) is 0 Å². The third-order valence-corrected chi connectivity index (χ3v) is 1.83. The van der Waals surface area contributed by atoms with Gasteiger partial charge in [0.15, 0.2) is 0 Å². The Labute approximate surface area is 83.4 Å². The van der Waals surface area contributed by atoms with E-state index in [1.165, 1.54) is 6.92 Å². The number of hydrogen-bond donors (Lipinski definition) is 2. The van der Waals surface area contributed by atoms with Crippen molar-refractivity contribution in [2.45, 2.75) is 20.3 Å². The Morgan fingerprint density at radius 2 is 2.50 bits per heavy atom. The van der Waals surface area contributed by atoms with E-state index in [4.69, 9.17) is 0 Å². The maximum atomic E-state index is 10.5. The lowest BCUT2D eigenvalue weighted by atomic mass is 10.3. The molecule has 1 aromatic heterocycles. The number of carbonyl (C=O) groups is 1. The molecule has 0 radical (unpaired) electrons. The Kier molecular flexibility index (Phi) is 3.91. The van der Waals surface area contributed by atoms with Gasteiger partial charge in [-0.3, -0.25) is 4.79 Å². The van der Waals surface area contributed by atoms with Crippen molar-refractivity contribution < 1.29 is 4.79 Å². The van der Waals surface area contributed by atoms with Crippen molar-refractivity contribution in [2.24, 2.45) is 0 Å². The molecule has 0 spiro atoms. The number of aromatic nitrogens is 2. The fourth-order valence-electron chi connectivity index (χ4n) is 1.06. The van der Waals surface area contributed by atoms with Crippen LogP contribution in [0.5, 0.6) is 0 Å². The Balaban J connectivity index is 2.28. The van der Waals surface area contributed by atoms with Gasteiger partial charge in [0.2, 0.25) is 5.91 Å². The van der Waals surface area contributed by atoms with Gasteiger partial charge in [0.05, 0.1) is 12.0 Å². The second-order valence-corrected chi connectivity index (χ2v) is 3.09. The van der Waals surface area contributed by atoms with Gasteiger partial charge in [-0.05, 0) is 19.4 Å². The van der Waals surface area contributed by atoms with E-state index in [0.717, 1.165) is 17.8 Å². The molecule has 1 aromatic rings. The molecule has 0 aliphatic heterocycles. The maximum absolute atomic E-state index is 10.5. The predicted molar refractivity (Wildman–Crippen MR) is 55.7 cm³/mol. The van der Waals surface area contributed by atoms with E-state index < -0.39 is 0 Å². The first-order valence-corrected chi connectivity index (χ1v) is 4.61. The van der Waals surface area contributed by atoms with Crippen LogP contribution in [0.15, 0.2) is 12.4 Å². The lowest BCUT2D eigenvalue weighted by molar-refractivity contribution is -0.118. The number of carbonyl (C=O) groups excluding carboxylic acids is 1. The number of H-pyrrole nitrogens is 1. The molecule has 0 aliphatic rings. The number of rotatable bonds is 4. The summed E-state index contributed by atoms with van der Waals surface area (Å²) in [6, 6.07) is 0. The van der Waals surface area contributed by atoms with Gasteiger partial charge in [-0.25, -0.2) is 4.98 Å². The number of hydrogen-bond acceptors (Lipinski definition) is 2. The van der Waals surface area contributed by atoms with E-state index in [1.54, 1.807) is 6.33 Å². The van der Waals surface area contributed by atoms with E-state index in [-0.39, 0.29) is 5.91 Å². The molecular weight excluding hydrogens is 178 g/mol. The molecule has 4 nitrogen and oxygen atoms in total. The van der Waals surface area contributed by atoms with Gasteiger partial charge in [-0.15, -0.1) is 0 Å². The van der Waals surface area contributed by atoms with Crippen LogP contribution in [-0.4, -0.2) is 22.4 Å². The summed E-state index contributed by atoms with van der Waals surface area (Å²) in [6.07, 6.45) is 6.45. The van der Waals surface area contributed by atoms with E-state index in [9.17, 15) is 4.79 Å². The lowest BCUT2D eigenvalue weighted by Gasteiger charge is -1.96. The third-order valence-electron chi connectivity index (χ3n) is 1.83. The molecule has 0 fully saturated rings. The van der Waals surface area contributed by atoms with E-state index >= 15 is 0 Å². The summed E-state index contributed by atoms with van der Waals surface area (Å²) in [7, 11) is 0. The van der Waals surface area contributed by atoms with E-state index in [2.05, 4.69) is 15.3 Å². The van der Waals surface area contributed by atoms with Gasteiger partial charge < -0.3 is 10.3 Å². The normalized spacial score (nSPS) is 10.7. The van der Waals surface area contributed by atoms with Crippen molar-refractivity contribution in [3.05, 3.63) is 23.8 Å². The second-order valence-electron chi connectivity index (χ2n) is 3.09. The summed E-state index contributed by atoms with van der Waals surface area (Å²) in [6.45, 7) is 4.16. The van der Waals surface area contributed by atoms with Crippen LogP contribution in [0, 0.1) is 6.92 Å². The molecule has 14 heavy (non-hydrogen) atoms. The number of nitrogens with zero attached hydrogens (tertiary/aromatic N) is 1. The maximum Gasteiger partial charge on any atom is 0.216 e. The smallest absolute Gasteiger partial charge is 0.216 e. The summed E-state index contributed by atoms with van der Waals surface area (Å²) >= 11 is 0. The minimum Gasteiger partial charge on any atom is -0.356 e. The minimum absolute atomic E-state index is 0.00866. The average molecular weight is 193 g/mol. The first-order chi connectivity index (χ1) is 6.70. The van der Waals surface area contributed by atoms with Gasteiger partial charge in [-0.1, -0.05) is 6.08 Å².